The molecule has 0 aromatic heterocycles. The van der Waals surface area contributed by atoms with Crippen molar-refractivity contribution in [1.29, 1.82) is 0 Å². The molecular weight excluding hydrogens is 184 g/mol. The van der Waals surface area contributed by atoms with Crippen LogP contribution in [-0.4, -0.2) is 19.6 Å². The summed E-state index contributed by atoms with van der Waals surface area (Å²) in [6.45, 7) is 5.19. The quantitative estimate of drug-likeness (QED) is 0.787. The second kappa shape index (κ2) is 4.99. The number of anilines is 1. The van der Waals surface area contributed by atoms with Gasteiger partial charge < -0.3 is 10.6 Å². The van der Waals surface area contributed by atoms with E-state index in [2.05, 4.69) is 47.9 Å². The first-order chi connectivity index (χ1) is 7.40. The maximum absolute atomic E-state index is 3.33. The van der Waals surface area contributed by atoms with Crippen LogP contribution >= 0.6 is 0 Å². The van der Waals surface area contributed by atoms with Crippen molar-refractivity contribution in [2.75, 3.05) is 25.0 Å². The fourth-order valence-electron chi connectivity index (χ4n) is 1.89. The van der Waals surface area contributed by atoms with E-state index < -0.39 is 0 Å². The molecule has 0 saturated heterocycles. The van der Waals surface area contributed by atoms with Crippen LogP contribution in [0, 0.1) is 0 Å². The molecule has 2 heteroatoms. The highest BCUT2D eigenvalue weighted by Crippen LogP contribution is 2.21. The average molecular weight is 202 g/mol. The molecule has 0 radical (unpaired) electrons. The number of hydrogen-bond acceptors (Lipinski definition) is 2. The zero-order chi connectivity index (χ0) is 10.5. The van der Waals surface area contributed by atoms with E-state index in [0.29, 0.717) is 0 Å². The molecule has 0 fully saturated rings. The number of hydrogen-bond donors (Lipinski definition) is 2. The lowest BCUT2D eigenvalue weighted by molar-refractivity contribution is 0.738. The molecule has 1 aromatic carbocycles. The van der Waals surface area contributed by atoms with Crippen molar-refractivity contribution >= 4 is 11.3 Å². The molecule has 1 heterocycles. The Kier molecular flexibility index (Phi) is 3.41. The summed E-state index contributed by atoms with van der Waals surface area (Å²) in [7, 11) is 0. The fourth-order valence-corrected chi connectivity index (χ4v) is 1.89. The van der Waals surface area contributed by atoms with Gasteiger partial charge in [-0.25, -0.2) is 0 Å². The lowest BCUT2D eigenvalue weighted by Crippen LogP contribution is -2.19. The Morgan fingerprint density at radius 1 is 1.27 bits per heavy atom. The third-order valence-electron chi connectivity index (χ3n) is 2.70. The highest BCUT2D eigenvalue weighted by molar-refractivity contribution is 5.68. The van der Waals surface area contributed by atoms with Crippen LogP contribution in [0.15, 0.2) is 30.3 Å². The van der Waals surface area contributed by atoms with Gasteiger partial charge in [0.2, 0.25) is 0 Å². The van der Waals surface area contributed by atoms with Gasteiger partial charge in [-0.15, -0.1) is 0 Å². The van der Waals surface area contributed by atoms with Crippen LogP contribution < -0.4 is 10.6 Å². The molecule has 0 amide bonds. The molecule has 0 aliphatic carbocycles. The molecule has 1 aromatic rings. The predicted octanol–water partition coefficient (Wildman–Crippen LogP) is 2.50. The topological polar surface area (TPSA) is 24.1 Å². The first kappa shape index (κ1) is 10.2. The van der Waals surface area contributed by atoms with Crippen LogP contribution in [0.5, 0.6) is 0 Å². The summed E-state index contributed by atoms with van der Waals surface area (Å²) < 4.78 is 0. The Bertz CT molecular complexity index is 338. The van der Waals surface area contributed by atoms with Gasteiger partial charge in [0, 0.05) is 18.8 Å². The minimum absolute atomic E-state index is 0.978. The van der Waals surface area contributed by atoms with E-state index in [1.807, 2.05) is 0 Å². The third-order valence-corrected chi connectivity index (χ3v) is 2.70. The lowest BCUT2D eigenvalue weighted by Gasteiger charge is -2.14. The summed E-state index contributed by atoms with van der Waals surface area (Å²) in [4.78, 5) is 0. The van der Waals surface area contributed by atoms with E-state index in [1.165, 1.54) is 16.8 Å². The van der Waals surface area contributed by atoms with Crippen molar-refractivity contribution in [2.45, 2.75) is 13.3 Å². The Balaban J connectivity index is 2.12. The number of rotatable bonds is 3. The van der Waals surface area contributed by atoms with Gasteiger partial charge in [-0.05, 0) is 43.2 Å². The molecule has 1 aliphatic rings. The van der Waals surface area contributed by atoms with E-state index in [1.54, 1.807) is 0 Å². The van der Waals surface area contributed by atoms with Gasteiger partial charge in [-0.2, -0.15) is 0 Å². The molecular formula is C13H18N2. The summed E-state index contributed by atoms with van der Waals surface area (Å²) >= 11 is 0. The van der Waals surface area contributed by atoms with Crippen LogP contribution in [0.25, 0.3) is 5.57 Å². The van der Waals surface area contributed by atoms with Gasteiger partial charge in [0.15, 0.2) is 0 Å². The standard InChI is InChI=1S/C13H18N2/c1-2-15-13-5-3-11(4-6-13)12-7-9-14-10-8-12/h3-7,14-15H,2,8-10H2,1H3. The summed E-state index contributed by atoms with van der Waals surface area (Å²) in [6.07, 6.45) is 3.42. The molecule has 0 saturated carbocycles. The molecule has 1 aliphatic heterocycles. The van der Waals surface area contributed by atoms with Crippen molar-refractivity contribution < 1.29 is 0 Å². The Labute approximate surface area is 91.4 Å². The number of nitrogens with one attached hydrogen (secondary N) is 2. The van der Waals surface area contributed by atoms with Crippen LogP contribution in [0.2, 0.25) is 0 Å². The smallest absolute Gasteiger partial charge is 0.0340 e. The highest BCUT2D eigenvalue weighted by Gasteiger charge is 2.04. The highest BCUT2D eigenvalue weighted by atomic mass is 14.9. The maximum Gasteiger partial charge on any atom is 0.0340 e. The molecule has 2 nitrogen and oxygen atoms in total. The molecule has 15 heavy (non-hydrogen) atoms. The van der Waals surface area contributed by atoms with Gasteiger partial charge in [0.25, 0.3) is 0 Å². The van der Waals surface area contributed by atoms with E-state index in [-0.39, 0.29) is 0 Å². The zero-order valence-corrected chi connectivity index (χ0v) is 9.22. The monoisotopic (exact) mass is 202 g/mol. The van der Waals surface area contributed by atoms with Crippen LogP contribution in [0.3, 0.4) is 0 Å². The van der Waals surface area contributed by atoms with Gasteiger partial charge in [-0.3, -0.25) is 0 Å². The zero-order valence-electron chi connectivity index (χ0n) is 9.22. The van der Waals surface area contributed by atoms with Gasteiger partial charge >= 0.3 is 0 Å². The fraction of sp³-hybridized carbons (Fsp3) is 0.385. The average Bonchev–Trinajstić information content (AvgIpc) is 2.32. The first-order valence-electron chi connectivity index (χ1n) is 5.64. The molecule has 0 atom stereocenters. The van der Waals surface area contributed by atoms with Crippen LogP contribution in [-0.2, 0) is 0 Å². The van der Waals surface area contributed by atoms with E-state index in [4.69, 9.17) is 0 Å². The second-order valence-corrected chi connectivity index (χ2v) is 3.79. The van der Waals surface area contributed by atoms with Gasteiger partial charge in [0.05, 0.1) is 0 Å². The summed E-state index contributed by atoms with van der Waals surface area (Å²) in [5, 5.41) is 6.63. The van der Waals surface area contributed by atoms with Crippen molar-refractivity contribution in [2.24, 2.45) is 0 Å². The van der Waals surface area contributed by atoms with Crippen molar-refractivity contribution in [3.63, 3.8) is 0 Å². The van der Waals surface area contributed by atoms with E-state index >= 15 is 0 Å². The lowest BCUT2D eigenvalue weighted by atomic mass is 10.0. The minimum Gasteiger partial charge on any atom is -0.385 e. The van der Waals surface area contributed by atoms with E-state index in [0.717, 1.165) is 26.1 Å². The largest absolute Gasteiger partial charge is 0.385 e. The Morgan fingerprint density at radius 2 is 2.07 bits per heavy atom. The Morgan fingerprint density at radius 3 is 2.67 bits per heavy atom. The summed E-state index contributed by atoms with van der Waals surface area (Å²) in [5.41, 5.74) is 4.03. The molecule has 0 spiro atoms. The molecule has 0 bridgehead atoms. The molecule has 0 unspecified atom stereocenters. The van der Waals surface area contributed by atoms with Crippen LogP contribution in [0.1, 0.15) is 18.9 Å². The maximum atomic E-state index is 3.33. The summed E-state index contributed by atoms with van der Waals surface area (Å²) in [6, 6.07) is 8.72. The number of benzene rings is 1. The molecule has 80 valence electrons. The third kappa shape index (κ3) is 2.60. The minimum atomic E-state index is 0.978. The Hall–Kier alpha value is -1.28. The molecule has 2 N–H and O–H groups in total. The second-order valence-electron chi connectivity index (χ2n) is 3.79. The van der Waals surface area contributed by atoms with Gasteiger partial charge in [0.1, 0.15) is 0 Å². The van der Waals surface area contributed by atoms with Crippen LogP contribution in [0.4, 0.5) is 5.69 Å². The van der Waals surface area contributed by atoms with E-state index in [9.17, 15) is 0 Å². The molecule has 2 rings (SSSR count). The van der Waals surface area contributed by atoms with Crippen molar-refractivity contribution in [3.05, 3.63) is 35.9 Å². The first-order valence-corrected chi connectivity index (χ1v) is 5.64. The van der Waals surface area contributed by atoms with Gasteiger partial charge in [-0.1, -0.05) is 18.2 Å². The van der Waals surface area contributed by atoms with Crippen molar-refractivity contribution in [3.8, 4) is 0 Å². The normalized spacial score (nSPS) is 15.9. The summed E-state index contributed by atoms with van der Waals surface area (Å²) in [5.74, 6) is 0. The van der Waals surface area contributed by atoms with Crippen molar-refractivity contribution in [1.82, 2.24) is 5.32 Å². The SMILES string of the molecule is CCNc1ccc(C2=CCNCC2)cc1. The predicted molar refractivity (Wildman–Crippen MR) is 66.1 cm³/mol.